The summed E-state index contributed by atoms with van der Waals surface area (Å²) in [6.45, 7) is 6.07. The Bertz CT molecular complexity index is 306. The Morgan fingerprint density at radius 1 is 1.44 bits per heavy atom. The van der Waals surface area contributed by atoms with Crippen molar-refractivity contribution in [1.29, 1.82) is 0 Å². The third kappa shape index (κ3) is 4.61. The van der Waals surface area contributed by atoms with Gasteiger partial charge in [-0.3, -0.25) is 0 Å². The smallest absolute Gasteiger partial charge is 0.315 e. The van der Waals surface area contributed by atoms with Crippen molar-refractivity contribution in [3.8, 4) is 0 Å². The van der Waals surface area contributed by atoms with Gasteiger partial charge in [-0.15, -0.1) is 16.7 Å². The zero-order chi connectivity index (χ0) is 12.0. The number of hydrogen-bond donors (Lipinski definition) is 1. The Hall–Kier alpha value is -0.420. The van der Waals surface area contributed by atoms with Crippen molar-refractivity contribution in [1.82, 2.24) is 10.2 Å². The summed E-state index contributed by atoms with van der Waals surface area (Å²) >= 11 is 7.76. The van der Waals surface area contributed by atoms with Gasteiger partial charge in [0, 0.05) is 6.04 Å². The molecule has 0 aromatic carbocycles. The van der Waals surface area contributed by atoms with Gasteiger partial charge in [0.05, 0.1) is 0 Å². The number of nitrogens with one attached hydrogen (secondary N) is 1. The first-order valence-electron chi connectivity index (χ1n) is 5.45. The maximum Gasteiger partial charge on any atom is 0.315 e. The lowest BCUT2D eigenvalue weighted by atomic mass is 10.3. The molecule has 0 saturated heterocycles. The van der Waals surface area contributed by atoms with Gasteiger partial charge in [0.25, 0.3) is 0 Å². The second-order valence-corrected chi connectivity index (χ2v) is 5.64. The zero-order valence-corrected chi connectivity index (χ0v) is 11.4. The summed E-state index contributed by atoms with van der Waals surface area (Å²) in [6.07, 6.45) is 1.08. The van der Waals surface area contributed by atoms with Crippen LogP contribution in [0.2, 0.25) is 0 Å². The third-order valence-electron chi connectivity index (χ3n) is 2.05. The van der Waals surface area contributed by atoms with Crippen LogP contribution in [-0.2, 0) is 0 Å². The topological polar surface area (TPSA) is 51.0 Å². The molecular weight excluding hydrogens is 246 g/mol. The fourth-order valence-corrected chi connectivity index (χ4v) is 2.04. The normalized spacial score (nSPS) is 14.8. The molecule has 1 N–H and O–H groups in total. The SMILES string of the molecule is CCSCCC(C)Nc1nnc(C(C)Cl)o1. The predicted octanol–water partition coefficient (Wildman–Crippen LogP) is 3.31. The van der Waals surface area contributed by atoms with Gasteiger partial charge in [0.15, 0.2) is 0 Å². The van der Waals surface area contributed by atoms with Crippen LogP contribution in [0.25, 0.3) is 0 Å². The van der Waals surface area contributed by atoms with Gasteiger partial charge >= 0.3 is 6.01 Å². The summed E-state index contributed by atoms with van der Waals surface area (Å²) in [5.74, 6) is 2.75. The molecule has 2 unspecified atom stereocenters. The monoisotopic (exact) mass is 263 g/mol. The summed E-state index contributed by atoms with van der Waals surface area (Å²) in [5.41, 5.74) is 0. The lowest BCUT2D eigenvalue weighted by molar-refractivity contribution is 0.500. The van der Waals surface area contributed by atoms with E-state index in [-0.39, 0.29) is 5.38 Å². The molecule has 2 atom stereocenters. The molecule has 0 fully saturated rings. The average molecular weight is 264 g/mol. The maximum atomic E-state index is 5.83. The zero-order valence-electron chi connectivity index (χ0n) is 9.86. The number of alkyl halides is 1. The van der Waals surface area contributed by atoms with Crippen LogP contribution < -0.4 is 5.32 Å². The van der Waals surface area contributed by atoms with Crippen LogP contribution in [0.3, 0.4) is 0 Å². The molecule has 16 heavy (non-hydrogen) atoms. The van der Waals surface area contributed by atoms with Crippen molar-refractivity contribution in [3.05, 3.63) is 5.89 Å². The van der Waals surface area contributed by atoms with Gasteiger partial charge in [-0.2, -0.15) is 11.8 Å². The van der Waals surface area contributed by atoms with E-state index in [0.717, 1.165) is 17.9 Å². The number of hydrogen-bond acceptors (Lipinski definition) is 5. The molecule has 0 aliphatic carbocycles. The fourth-order valence-electron chi connectivity index (χ4n) is 1.14. The molecule has 0 amide bonds. The number of thioether (sulfide) groups is 1. The van der Waals surface area contributed by atoms with Crippen LogP contribution in [-0.4, -0.2) is 27.7 Å². The Labute approximate surface area is 106 Å². The summed E-state index contributed by atoms with van der Waals surface area (Å²) in [7, 11) is 0. The minimum atomic E-state index is -0.242. The molecule has 0 aliphatic rings. The third-order valence-corrected chi connectivity index (χ3v) is 3.17. The maximum absolute atomic E-state index is 5.83. The van der Waals surface area contributed by atoms with Gasteiger partial charge in [0.1, 0.15) is 5.38 Å². The van der Waals surface area contributed by atoms with Crippen LogP contribution in [0.15, 0.2) is 4.42 Å². The minimum absolute atomic E-state index is 0.242. The van der Waals surface area contributed by atoms with Crippen LogP contribution in [0.4, 0.5) is 6.01 Å². The van der Waals surface area contributed by atoms with Gasteiger partial charge in [-0.05, 0) is 31.8 Å². The van der Waals surface area contributed by atoms with E-state index in [1.165, 1.54) is 0 Å². The molecule has 0 saturated carbocycles. The Kier molecular flexibility index (Phi) is 5.98. The highest BCUT2D eigenvalue weighted by molar-refractivity contribution is 7.99. The fraction of sp³-hybridized carbons (Fsp3) is 0.800. The van der Waals surface area contributed by atoms with E-state index in [0.29, 0.717) is 17.9 Å². The molecule has 92 valence electrons. The molecular formula is C10H18ClN3OS. The molecule has 1 aromatic heterocycles. The van der Waals surface area contributed by atoms with Crippen molar-refractivity contribution in [3.63, 3.8) is 0 Å². The average Bonchev–Trinajstić information content (AvgIpc) is 2.66. The second-order valence-electron chi connectivity index (χ2n) is 3.59. The van der Waals surface area contributed by atoms with Crippen LogP contribution >= 0.6 is 23.4 Å². The Morgan fingerprint density at radius 3 is 2.75 bits per heavy atom. The number of nitrogens with zero attached hydrogens (tertiary/aromatic N) is 2. The van der Waals surface area contributed by atoms with Crippen LogP contribution in [0.5, 0.6) is 0 Å². The Balaban J connectivity index is 2.34. The number of halogens is 1. The van der Waals surface area contributed by atoms with E-state index in [4.69, 9.17) is 16.0 Å². The summed E-state index contributed by atoms with van der Waals surface area (Å²) in [6, 6.07) is 0.787. The molecule has 1 rings (SSSR count). The molecule has 4 nitrogen and oxygen atoms in total. The Morgan fingerprint density at radius 2 is 2.19 bits per heavy atom. The molecule has 6 heteroatoms. The lowest BCUT2D eigenvalue weighted by Gasteiger charge is -2.10. The van der Waals surface area contributed by atoms with E-state index < -0.39 is 0 Å². The molecule has 0 bridgehead atoms. The van der Waals surface area contributed by atoms with Crippen molar-refractivity contribution in [2.24, 2.45) is 0 Å². The first-order chi connectivity index (χ1) is 7.63. The first-order valence-corrected chi connectivity index (χ1v) is 7.04. The predicted molar refractivity (Wildman–Crippen MR) is 69.3 cm³/mol. The number of anilines is 1. The summed E-state index contributed by atoms with van der Waals surface area (Å²) in [5, 5.41) is 10.7. The quantitative estimate of drug-likeness (QED) is 0.604. The number of aromatic nitrogens is 2. The second kappa shape index (κ2) is 7.01. The van der Waals surface area contributed by atoms with Crippen LogP contribution in [0, 0.1) is 0 Å². The summed E-state index contributed by atoms with van der Waals surface area (Å²) < 4.78 is 5.35. The van der Waals surface area contributed by atoms with Gasteiger partial charge in [0.2, 0.25) is 5.89 Å². The highest BCUT2D eigenvalue weighted by Gasteiger charge is 2.12. The highest BCUT2D eigenvalue weighted by atomic mass is 35.5. The lowest BCUT2D eigenvalue weighted by Crippen LogP contribution is -2.16. The van der Waals surface area contributed by atoms with Crippen LogP contribution in [0.1, 0.15) is 38.5 Å². The van der Waals surface area contributed by atoms with Gasteiger partial charge in [-0.1, -0.05) is 12.0 Å². The first kappa shape index (κ1) is 13.6. The molecule has 1 aromatic rings. The summed E-state index contributed by atoms with van der Waals surface area (Å²) in [4.78, 5) is 0. The van der Waals surface area contributed by atoms with Crippen molar-refractivity contribution >= 4 is 29.4 Å². The largest absolute Gasteiger partial charge is 0.406 e. The van der Waals surface area contributed by atoms with Crippen molar-refractivity contribution in [2.45, 2.75) is 38.6 Å². The van der Waals surface area contributed by atoms with Crippen molar-refractivity contribution in [2.75, 3.05) is 16.8 Å². The van der Waals surface area contributed by atoms with E-state index in [2.05, 4.69) is 29.4 Å². The molecule has 0 aliphatic heterocycles. The van der Waals surface area contributed by atoms with E-state index in [9.17, 15) is 0 Å². The molecule has 0 radical (unpaired) electrons. The van der Waals surface area contributed by atoms with E-state index in [1.54, 1.807) is 6.92 Å². The molecule has 0 spiro atoms. The van der Waals surface area contributed by atoms with Gasteiger partial charge < -0.3 is 9.73 Å². The van der Waals surface area contributed by atoms with E-state index in [1.807, 2.05) is 11.8 Å². The van der Waals surface area contributed by atoms with Gasteiger partial charge in [-0.25, -0.2) is 0 Å². The van der Waals surface area contributed by atoms with E-state index >= 15 is 0 Å². The minimum Gasteiger partial charge on any atom is -0.406 e. The molecule has 1 heterocycles. The standard InChI is InChI=1S/C10H18ClN3OS/c1-4-16-6-5-7(2)12-10-14-13-9(15-10)8(3)11/h7-8H,4-6H2,1-3H3,(H,12,14). The highest BCUT2D eigenvalue weighted by Crippen LogP contribution is 2.19. The van der Waals surface area contributed by atoms with Crippen molar-refractivity contribution < 1.29 is 4.42 Å². The number of rotatable bonds is 7.